The summed E-state index contributed by atoms with van der Waals surface area (Å²) in [4.78, 5) is 4.85. The Morgan fingerprint density at radius 2 is 1.91 bits per heavy atom. The number of piperazine rings is 1. The van der Waals surface area contributed by atoms with Crippen molar-refractivity contribution in [3.63, 3.8) is 0 Å². The van der Waals surface area contributed by atoms with Crippen molar-refractivity contribution < 1.29 is 5.11 Å². The lowest BCUT2D eigenvalue weighted by molar-refractivity contribution is -0.0155. The minimum atomic E-state index is -0.664. The van der Waals surface area contributed by atoms with E-state index in [1.54, 1.807) is 0 Å². The number of hydrogen-bond donors (Lipinski definition) is 1. The highest BCUT2D eigenvalue weighted by Crippen LogP contribution is 2.36. The highest BCUT2D eigenvalue weighted by atomic mass is 35.5. The normalized spacial score (nSPS) is 21.1. The summed E-state index contributed by atoms with van der Waals surface area (Å²) in [7, 11) is 2.17. The first-order chi connectivity index (χ1) is 11.0. The predicted molar refractivity (Wildman–Crippen MR) is 98.3 cm³/mol. The largest absolute Gasteiger partial charge is 0.389 e. The molecule has 1 aromatic carbocycles. The Bertz CT molecular complexity index is 488. The van der Waals surface area contributed by atoms with E-state index in [2.05, 4.69) is 36.8 Å². The monoisotopic (exact) mass is 338 g/mol. The summed E-state index contributed by atoms with van der Waals surface area (Å²) in [6.45, 7) is 9.47. The summed E-state index contributed by atoms with van der Waals surface area (Å²) in [6.07, 6.45) is 2.59. The van der Waals surface area contributed by atoms with Crippen LogP contribution in [0.15, 0.2) is 24.3 Å². The number of hydrogen-bond acceptors (Lipinski definition) is 3. The van der Waals surface area contributed by atoms with E-state index in [0.717, 1.165) is 62.6 Å². The Morgan fingerprint density at radius 1 is 1.22 bits per heavy atom. The molecule has 2 atom stereocenters. The van der Waals surface area contributed by atoms with Gasteiger partial charge in [-0.15, -0.1) is 0 Å². The molecule has 2 unspecified atom stereocenters. The van der Waals surface area contributed by atoms with Crippen LogP contribution in [0.5, 0.6) is 0 Å². The number of aliphatic hydroxyl groups is 1. The van der Waals surface area contributed by atoms with E-state index in [0.29, 0.717) is 0 Å². The third-order valence-corrected chi connectivity index (χ3v) is 5.47. The average molecular weight is 339 g/mol. The van der Waals surface area contributed by atoms with Gasteiger partial charge in [-0.2, -0.15) is 0 Å². The van der Waals surface area contributed by atoms with Crippen LogP contribution in [-0.2, 0) is 0 Å². The molecule has 0 saturated carbocycles. The Labute approximate surface area is 146 Å². The second-order valence-corrected chi connectivity index (χ2v) is 7.36. The van der Waals surface area contributed by atoms with E-state index in [9.17, 15) is 5.11 Å². The van der Waals surface area contributed by atoms with E-state index in [4.69, 9.17) is 11.6 Å². The molecule has 130 valence electrons. The number of nitrogens with zero attached hydrogens (tertiary/aromatic N) is 2. The lowest BCUT2D eigenvalue weighted by Crippen LogP contribution is -2.49. The zero-order valence-corrected chi connectivity index (χ0v) is 15.5. The number of likely N-dealkylation sites (N-methyl/N-ethyl adjacent to an activating group) is 1. The van der Waals surface area contributed by atoms with Gasteiger partial charge in [-0.05, 0) is 37.6 Å². The summed E-state index contributed by atoms with van der Waals surface area (Å²) in [6, 6.07) is 8.04. The molecule has 2 rings (SSSR count). The Balaban J connectivity index is 2.23. The zero-order valence-electron chi connectivity index (χ0n) is 14.8. The molecule has 1 heterocycles. The van der Waals surface area contributed by atoms with Crippen molar-refractivity contribution in [1.82, 2.24) is 9.80 Å². The number of rotatable bonds is 7. The molecule has 3 nitrogen and oxygen atoms in total. The second kappa shape index (κ2) is 8.48. The first kappa shape index (κ1) is 18.7. The van der Waals surface area contributed by atoms with Gasteiger partial charge in [-0.3, -0.25) is 0 Å². The fraction of sp³-hybridized carbons (Fsp3) is 0.684. The summed E-state index contributed by atoms with van der Waals surface area (Å²) in [5.41, 5.74) is 0.497. The van der Waals surface area contributed by atoms with Crippen LogP contribution in [0.3, 0.4) is 0 Å². The van der Waals surface area contributed by atoms with Gasteiger partial charge in [0.1, 0.15) is 0 Å². The van der Waals surface area contributed by atoms with Gasteiger partial charge in [0.05, 0.1) is 5.60 Å². The quantitative estimate of drug-likeness (QED) is 0.822. The third kappa shape index (κ3) is 4.93. The standard InChI is InChI=1S/C19H31ClN2O/c1-4-9-19(23,5-2)18(16-7-6-8-17(20)14-16)15-22-12-10-21(3)11-13-22/h6-8,14,18,23H,4-5,9-13,15H2,1-3H3. The summed E-state index contributed by atoms with van der Waals surface area (Å²) < 4.78 is 0. The highest BCUT2D eigenvalue weighted by Gasteiger charge is 2.36. The lowest BCUT2D eigenvalue weighted by Gasteiger charge is -2.41. The van der Waals surface area contributed by atoms with Crippen molar-refractivity contribution in [3.05, 3.63) is 34.9 Å². The summed E-state index contributed by atoms with van der Waals surface area (Å²) in [5, 5.41) is 12.1. The molecule has 23 heavy (non-hydrogen) atoms. The van der Waals surface area contributed by atoms with Crippen LogP contribution in [0, 0.1) is 0 Å². The molecule has 0 aromatic heterocycles. The molecule has 0 amide bonds. The zero-order chi connectivity index (χ0) is 16.9. The molecule has 1 N–H and O–H groups in total. The fourth-order valence-electron chi connectivity index (χ4n) is 3.63. The Hall–Kier alpha value is -0.610. The minimum absolute atomic E-state index is 0.106. The number of benzene rings is 1. The minimum Gasteiger partial charge on any atom is -0.389 e. The van der Waals surface area contributed by atoms with Crippen molar-refractivity contribution in [2.24, 2.45) is 0 Å². The van der Waals surface area contributed by atoms with Gasteiger partial charge < -0.3 is 14.9 Å². The van der Waals surface area contributed by atoms with Crippen molar-refractivity contribution in [3.8, 4) is 0 Å². The summed E-state index contributed by atoms with van der Waals surface area (Å²) >= 11 is 6.22. The van der Waals surface area contributed by atoms with E-state index >= 15 is 0 Å². The van der Waals surface area contributed by atoms with Gasteiger partial charge in [0.15, 0.2) is 0 Å². The smallest absolute Gasteiger partial charge is 0.0725 e. The fourth-order valence-corrected chi connectivity index (χ4v) is 3.83. The first-order valence-electron chi connectivity index (χ1n) is 8.87. The molecule has 4 heteroatoms. The first-order valence-corrected chi connectivity index (χ1v) is 9.25. The van der Waals surface area contributed by atoms with Crippen molar-refractivity contribution in [2.45, 2.75) is 44.6 Å². The van der Waals surface area contributed by atoms with Gasteiger partial charge in [0, 0.05) is 43.7 Å². The molecule has 0 radical (unpaired) electrons. The maximum Gasteiger partial charge on any atom is 0.0725 e. The molecular formula is C19H31ClN2O. The van der Waals surface area contributed by atoms with E-state index in [1.165, 1.54) is 0 Å². The molecule has 1 aliphatic rings. The topological polar surface area (TPSA) is 26.7 Å². The molecule has 1 aliphatic heterocycles. The van der Waals surface area contributed by atoms with E-state index in [-0.39, 0.29) is 5.92 Å². The molecule has 0 spiro atoms. The van der Waals surface area contributed by atoms with Crippen molar-refractivity contribution >= 4 is 11.6 Å². The van der Waals surface area contributed by atoms with E-state index < -0.39 is 5.60 Å². The highest BCUT2D eigenvalue weighted by molar-refractivity contribution is 6.30. The molecule has 1 aromatic rings. The van der Waals surface area contributed by atoms with Crippen LogP contribution in [0.25, 0.3) is 0 Å². The predicted octanol–water partition coefficient (Wildman–Crippen LogP) is 3.61. The molecule has 1 saturated heterocycles. The van der Waals surface area contributed by atoms with Crippen LogP contribution in [0.4, 0.5) is 0 Å². The molecule has 0 aliphatic carbocycles. The molecular weight excluding hydrogens is 308 g/mol. The van der Waals surface area contributed by atoms with Crippen LogP contribution in [-0.4, -0.2) is 60.3 Å². The maximum absolute atomic E-state index is 11.3. The van der Waals surface area contributed by atoms with Crippen LogP contribution in [0.1, 0.15) is 44.6 Å². The van der Waals surface area contributed by atoms with Crippen molar-refractivity contribution in [2.75, 3.05) is 39.8 Å². The van der Waals surface area contributed by atoms with Gasteiger partial charge in [0.2, 0.25) is 0 Å². The maximum atomic E-state index is 11.3. The van der Waals surface area contributed by atoms with Gasteiger partial charge >= 0.3 is 0 Å². The third-order valence-electron chi connectivity index (χ3n) is 5.23. The summed E-state index contributed by atoms with van der Waals surface area (Å²) in [5.74, 6) is 0.106. The van der Waals surface area contributed by atoms with Gasteiger partial charge in [-0.1, -0.05) is 44.0 Å². The Kier molecular flexibility index (Phi) is 6.90. The van der Waals surface area contributed by atoms with Gasteiger partial charge in [0.25, 0.3) is 0 Å². The van der Waals surface area contributed by atoms with Crippen LogP contribution >= 0.6 is 11.6 Å². The number of halogens is 1. The SMILES string of the molecule is CCCC(O)(CC)C(CN1CCN(C)CC1)c1cccc(Cl)c1. The lowest BCUT2D eigenvalue weighted by atomic mass is 9.77. The van der Waals surface area contributed by atoms with E-state index in [1.807, 2.05) is 18.2 Å². The van der Waals surface area contributed by atoms with Gasteiger partial charge in [-0.25, -0.2) is 0 Å². The van der Waals surface area contributed by atoms with Crippen LogP contribution in [0.2, 0.25) is 5.02 Å². The molecule has 0 bridgehead atoms. The second-order valence-electron chi connectivity index (χ2n) is 6.92. The Morgan fingerprint density at radius 3 is 2.48 bits per heavy atom. The van der Waals surface area contributed by atoms with Crippen molar-refractivity contribution in [1.29, 1.82) is 0 Å². The van der Waals surface area contributed by atoms with Crippen LogP contribution < -0.4 is 0 Å². The average Bonchev–Trinajstić information content (AvgIpc) is 2.54. The molecule has 1 fully saturated rings.